The van der Waals surface area contributed by atoms with Crippen LogP contribution in [0.2, 0.25) is 0 Å². The molecule has 0 heterocycles. The average molecular weight is 325 g/mol. The summed E-state index contributed by atoms with van der Waals surface area (Å²) in [6.07, 6.45) is 17.7. The van der Waals surface area contributed by atoms with Crippen molar-refractivity contribution in [3.8, 4) is 0 Å². The monoisotopic (exact) mass is 324 g/mol. The van der Waals surface area contributed by atoms with Gasteiger partial charge in [-0.25, -0.2) is 0 Å². The summed E-state index contributed by atoms with van der Waals surface area (Å²) >= 11 is 0. The van der Waals surface area contributed by atoms with Crippen LogP contribution in [0, 0.1) is 0 Å². The SMILES string of the molecule is C=COC(=O)CCC(=O)CCCCCCCCCCCCCC. The summed E-state index contributed by atoms with van der Waals surface area (Å²) in [5.41, 5.74) is 0. The van der Waals surface area contributed by atoms with Gasteiger partial charge in [0.1, 0.15) is 5.78 Å². The molecule has 0 amide bonds. The molecule has 0 radical (unpaired) electrons. The van der Waals surface area contributed by atoms with Gasteiger partial charge in [0.25, 0.3) is 0 Å². The van der Waals surface area contributed by atoms with Crippen LogP contribution in [0.4, 0.5) is 0 Å². The second-order valence-corrected chi connectivity index (χ2v) is 6.33. The van der Waals surface area contributed by atoms with Crippen LogP contribution >= 0.6 is 0 Å². The van der Waals surface area contributed by atoms with E-state index in [4.69, 9.17) is 0 Å². The Balaban J connectivity index is 3.21. The maximum absolute atomic E-state index is 11.6. The second-order valence-electron chi connectivity index (χ2n) is 6.33. The van der Waals surface area contributed by atoms with Gasteiger partial charge in [-0.3, -0.25) is 9.59 Å². The third-order valence-electron chi connectivity index (χ3n) is 4.13. The quantitative estimate of drug-likeness (QED) is 0.184. The van der Waals surface area contributed by atoms with E-state index < -0.39 is 0 Å². The molecule has 0 aliphatic heterocycles. The van der Waals surface area contributed by atoms with Crippen molar-refractivity contribution in [3.63, 3.8) is 0 Å². The van der Waals surface area contributed by atoms with Crippen molar-refractivity contribution < 1.29 is 14.3 Å². The van der Waals surface area contributed by atoms with Crippen molar-refractivity contribution in [1.82, 2.24) is 0 Å². The average Bonchev–Trinajstić information content (AvgIpc) is 2.54. The summed E-state index contributed by atoms with van der Waals surface area (Å²) in [5.74, 6) is -0.207. The Morgan fingerprint density at radius 2 is 1.22 bits per heavy atom. The van der Waals surface area contributed by atoms with E-state index in [-0.39, 0.29) is 18.2 Å². The first kappa shape index (κ1) is 21.9. The van der Waals surface area contributed by atoms with Crippen molar-refractivity contribution in [2.24, 2.45) is 0 Å². The number of hydrogen-bond acceptors (Lipinski definition) is 3. The lowest BCUT2D eigenvalue weighted by molar-refractivity contribution is -0.139. The van der Waals surface area contributed by atoms with E-state index >= 15 is 0 Å². The number of hydrogen-bond donors (Lipinski definition) is 0. The first-order valence-electron chi connectivity index (χ1n) is 9.52. The molecule has 0 aliphatic rings. The first-order valence-corrected chi connectivity index (χ1v) is 9.52. The Morgan fingerprint density at radius 1 is 0.739 bits per heavy atom. The standard InChI is InChI=1S/C20H36O3/c1-3-5-6-7-8-9-10-11-12-13-14-15-16-19(21)17-18-20(22)23-4-2/h4H,2-3,5-18H2,1H3. The summed E-state index contributed by atoms with van der Waals surface area (Å²) in [5, 5.41) is 0. The molecule has 23 heavy (non-hydrogen) atoms. The lowest BCUT2D eigenvalue weighted by Gasteiger charge is -2.03. The molecule has 0 fully saturated rings. The van der Waals surface area contributed by atoms with Crippen LogP contribution in [0.1, 0.15) is 103 Å². The van der Waals surface area contributed by atoms with Crippen LogP contribution in [0.25, 0.3) is 0 Å². The summed E-state index contributed by atoms with van der Waals surface area (Å²) in [6.45, 7) is 5.57. The summed E-state index contributed by atoms with van der Waals surface area (Å²) in [7, 11) is 0. The number of Topliss-reactive ketones (excluding diaryl/α,β-unsaturated/α-hetero) is 1. The Kier molecular flexibility index (Phi) is 16.4. The molecule has 0 N–H and O–H groups in total. The van der Waals surface area contributed by atoms with E-state index in [2.05, 4.69) is 18.2 Å². The molecule has 0 atom stereocenters. The number of rotatable bonds is 17. The Labute approximate surface area is 142 Å². The van der Waals surface area contributed by atoms with Crippen LogP contribution in [0.15, 0.2) is 12.8 Å². The smallest absolute Gasteiger partial charge is 0.311 e. The van der Waals surface area contributed by atoms with Crippen LogP contribution in [-0.4, -0.2) is 11.8 Å². The Morgan fingerprint density at radius 3 is 1.70 bits per heavy atom. The highest BCUT2D eigenvalue weighted by molar-refractivity contribution is 5.82. The van der Waals surface area contributed by atoms with Crippen molar-refractivity contribution in [3.05, 3.63) is 12.8 Å². The number of carbonyl (C=O) groups excluding carboxylic acids is 2. The summed E-state index contributed by atoms with van der Waals surface area (Å²) in [6, 6.07) is 0. The zero-order chi connectivity index (χ0) is 17.2. The number of ether oxygens (including phenoxy) is 1. The molecule has 3 nitrogen and oxygen atoms in total. The van der Waals surface area contributed by atoms with Gasteiger partial charge in [-0.15, -0.1) is 0 Å². The fraction of sp³-hybridized carbons (Fsp3) is 0.800. The van der Waals surface area contributed by atoms with Crippen LogP contribution in [-0.2, 0) is 14.3 Å². The van der Waals surface area contributed by atoms with Gasteiger partial charge in [0.2, 0.25) is 0 Å². The summed E-state index contributed by atoms with van der Waals surface area (Å²) in [4.78, 5) is 22.7. The van der Waals surface area contributed by atoms with Gasteiger partial charge in [0.05, 0.1) is 12.7 Å². The van der Waals surface area contributed by atoms with Gasteiger partial charge in [0, 0.05) is 12.8 Å². The van der Waals surface area contributed by atoms with Crippen LogP contribution in [0.5, 0.6) is 0 Å². The number of ketones is 1. The molecule has 0 unspecified atom stereocenters. The third kappa shape index (κ3) is 17.1. The van der Waals surface area contributed by atoms with Crippen molar-refractivity contribution in [2.75, 3.05) is 0 Å². The molecule has 3 heteroatoms. The lowest BCUT2D eigenvalue weighted by atomic mass is 10.0. The van der Waals surface area contributed by atoms with Gasteiger partial charge < -0.3 is 4.74 Å². The largest absolute Gasteiger partial charge is 0.435 e. The minimum atomic E-state index is -0.372. The maximum atomic E-state index is 11.6. The van der Waals surface area contributed by atoms with Gasteiger partial charge in [-0.1, -0.05) is 84.1 Å². The van der Waals surface area contributed by atoms with Crippen molar-refractivity contribution in [2.45, 2.75) is 103 Å². The molecular formula is C20H36O3. The molecule has 0 saturated carbocycles. The molecule has 0 bridgehead atoms. The zero-order valence-electron chi connectivity index (χ0n) is 15.1. The fourth-order valence-corrected chi connectivity index (χ4v) is 2.68. The van der Waals surface area contributed by atoms with E-state index in [0.717, 1.165) is 19.1 Å². The van der Waals surface area contributed by atoms with Gasteiger partial charge >= 0.3 is 5.97 Å². The fourth-order valence-electron chi connectivity index (χ4n) is 2.68. The molecule has 0 aromatic carbocycles. The Bertz CT molecular complexity index is 310. The topological polar surface area (TPSA) is 43.4 Å². The maximum Gasteiger partial charge on any atom is 0.311 e. The van der Waals surface area contributed by atoms with E-state index in [9.17, 15) is 9.59 Å². The van der Waals surface area contributed by atoms with Gasteiger partial charge in [-0.05, 0) is 6.42 Å². The number of unbranched alkanes of at least 4 members (excludes halogenated alkanes) is 11. The molecule has 0 aromatic rings. The second kappa shape index (κ2) is 17.2. The molecular weight excluding hydrogens is 288 g/mol. The van der Waals surface area contributed by atoms with Gasteiger partial charge in [0.15, 0.2) is 0 Å². The van der Waals surface area contributed by atoms with E-state index in [1.54, 1.807) is 0 Å². The molecule has 0 spiro atoms. The lowest BCUT2D eigenvalue weighted by Crippen LogP contribution is -2.05. The highest BCUT2D eigenvalue weighted by Crippen LogP contribution is 2.13. The summed E-state index contributed by atoms with van der Waals surface area (Å²) < 4.78 is 4.58. The van der Waals surface area contributed by atoms with E-state index in [1.807, 2.05) is 0 Å². The van der Waals surface area contributed by atoms with Crippen molar-refractivity contribution >= 4 is 11.8 Å². The van der Waals surface area contributed by atoms with Gasteiger partial charge in [-0.2, -0.15) is 0 Å². The molecule has 0 aliphatic carbocycles. The normalized spacial score (nSPS) is 10.5. The molecule has 0 saturated heterocycles. The molecule has 0 rings (SSSR count). The third-order valence-corrected chi connectivity index (χ3v) is 4.13. The zero-order valence-corrected chi connectivity index (χ0v) is 15.1. The van der Waals surface area contributed by atoms with Crippen molar-refractivity contribution in [1.29, 1.82) is 0 Å². The highest BCUT2D eigenvalue weighted by Gasteiger charge is 2.06. The first-order chi connectivity index (χ1) is 11.2. The number of esters is 1. The molecule has 134 valence electrons. The molecule has 0 aromatic heterocycles. The van der Waals surface area contributed by atoms with E-state index in [1.165, 1.54) is 64.2 Å². The van der Waals surface area contributed by atoms with E-state index in [0.29, 0.717) is 12.8 Å². The highest BCUT2D eigenvalue weighted by atomic mass is 16.5. The van der Waals surface area contributed by atoms with Crippen LogP contribution in [0.3, 0.4) is 0 Å². The van der Waals surface area contributed by atoms with Crippen LogP contribution < -0.4 is 0 Å². The minimum Gasteiger partial charge on any atom is -0.435 e. The predicted molar refractivity (Wildman–Crippen MR) is 96.2 cm³/mol. The Hall–Kier alpha value is -1.12. The minimum absolute atomic E-state index is 0.165. The predicted octanol–water partition coefficient (Wildman–Crippen LogP) is 6.11. The number of carbonyl (C=O) groups is 2.